The van der Waals surface area contributed by atoms with Gasteiger partial charge in [0.05, 0.1) is 6.04 Å². The Hall–Kier alpha value is -1.42. The minimum atomic E-state index is -0.253. The molecule has 1 aliphatic heterocycles. The maximum absolute atomic E-state index is 13.1. The second-order valence-corrected chi connectivity index (χ2v) is 6.35. The average molecular weight is 292 g/mol. The van der Waals surface area contributed by atoms with Crippen molar-refractivity contribution in [3.8, 4) is 0 Å². The van der Waals surface area contributed by atoms with Gasteiger partial charge in [-0.25, -0.2) is 4.39 Å². The molecule has 0 aliphatic carbocycles. The van der Waals surface area contributed by atoms with Crippen LogP contribution < -0.4 is 5.32 Å². The van der Waals surface area contributed by atoms with Crippen LogP contribution in [-0.2, 0) is 4.79 Å². The van der Waals surface area contributed by atoms with Crippen molar-refractivity contribution in [2.24, 2.45) is 11.8 Å². The number of rotatable bonds is 5. The van der Waals surface area contributed by atoms with E-state index in [0.29, 0.717) is 5.92 Å². The first-order valence-electron chi connectivity index (χ1n) is 7.76. The summed E-state index contributed by atoms with van der Waals surface area (Å²) in [5.74, 6) is 0.587. The van der Waals surface area contributed by atoms with Gasteiger partial charge in [-0.05, 0) is 29.5 Å². The predicted molar refractivity (Wildman–Crippen MR) is 82.1 cm³/mol. The lowest BCUT2D eigenvalue weighted by Gasteiger charge is -2.27. The smallest absolute Gasteiger partial charge is 0.241 e. The second-order valence-electron chi connectivity index (χ2n) is 6.35. The highest BCUT2D eigenvalue weighted by Gasteiger charge is 2.41. The topological polar surface area (TPSA) is 32.3 Å². The van der Waals surface area contributed by atoms with E-state index in [0.717, 1.165) is 18.5 Å². The Kier molecular flexibility index (Phi) is 4.99. The van der Waals surface area contributed by atoms with Crippen LogP contribution in [0, 0.1) is 17.7 Å². The molecular formula is C17H25FN2O. The first-order valence-corrected chi connectivity index (χ1v) is 7.76. The summed E-state index contributed by atoms with van der Waals surface area (Å²) in [4.78, 5) is 14.5. The van der Waals surface area contributed by atoms with Crippen molar-refractivity contribution in [3.05, 3.63) is 35.6 Å². The van der Waals surface area contributed by atoms with E-state index in [1.54, 1.807) is 12.1 Å². The van der Waals surface area contributed by atoms with Gasteiger partial charge >= 0.3 is 0 Å². The van der Waals surface area contributed by atoms with Crippen LogP contribution in [0.15, 0.2) is 24.3 Å². The van der Waals surface area contributed by atoms with Gasteiger partial charge in [-0.3, -0.25) is 10.1 Å². The van der Waals surface area contributed by atoms with Crippen molar-refractivity contribution in [2.45, 2.75) is 46.3 Å². The molecule has 3 atom stereocenters. The summed E-state index contributed by atoms with van der Waals surface area (Å²) in [6.45, 7) is 9.10. The van der Waals surface area contributed by atoms with Crippen molar-refractivity contribution >= 4 is 5.91 Å². The number of amides is 1. The van der Waals surface area contributed by atoms with Crippen LogP contribution >= 0.6 is 0 Å². The van der Waals surface area contributed by atoms with Crippen LogP contribution in [0.25, 0.3) is 0 Å². The Morgan fingerprint density at radius 2 is 1.86 bits per heavy atom. The number of hydrogen-bond donors (Lipinski definition) is 1. The van der Waals surface area contributed by atoms with Gasteiger partial charge in [-0.2, -0.15) is 0 Å². The molecule has 1 saturated heterocycles. The van der Waals surface area contributed by atoms with Crippen LogP contribution in [0.4, 0.5) is 4.39 Å². The number of benzene rings is 1. The number of carbonyl (C=O) groups excluding carboxylic acids is 1. The van der Waals surface area contributed by atoms with Crippen molar-refractivity contribution in [3.63, 3.8) is 0 Å². The Morgan fingerprint density at radius 1 is 1.24 bits per heavy atom. The van der Waals surface area contributed by atoms with Crippen LogP contribution in [0.1, 0.15) is 45.8 Å². The van der Waals surface area contributed by atoms with Crippen molar-refractivity contribution in [2.75, 3.05) is 6.54 Å². The Labute approximate surface area is 126 Å². The Morgan fingerprint density at radius 3 is 2.38 bits per heavy atom. The Bertz CT molecular complexity index is 486. The van der Waals surface area contributed by atoms with Crippen LogP contribution in [0.2, 0.25) is 0 Å². The van der Waals surface area contributed by atoms with Crippen LogP contribution in [-0.4, -0.2) is 23.4 Å². The molecule has 116 valence electrons. The minimum Gasteiger partial charge on any atom is -0.321 e. The van der Waals surface area contributed by atoms with Crippen molar-refractivity contribution in [1.29, 1.82) is 0 Å². The highest BCUT2D eigenvalue weighted by Crippen LogP contribution is 2.29. The number of hydrogen-bond acceptors (Lipinski definition) is 2. The Balaban J connectivity index is 2.27. The molecule has 3 unspecified atom stereocenters. The molecule has 1 fully saturated rings. The molecule has 0 spiro atoms. The lowest BCUT2D eigenvalue weighted by atomic mass is 10.0. The molecule has 1 heterocycles. The van der Waals surface area contributed by atoms with Crippen LogP contribution in [0.5, 0.6) is 0 Å². The molecule has 0 bridgehead atoms. The second kappa shape index (κ2) is 6.56. The van der Waals surface area contributed by atoms with E-state index in [-0.39, 0.29) is 29.8 Å². The van der Waals surface area contributed by atoms with E-state index in [4.69, 9.17) is 0 Å². The molecule has 0 radical (unpaired) electrons. The summed E-state index contributed by atoms with van der Waals surface area (Å²) in [5.41, 5.74) is 0.941. The molecule has 0 saturated carbocycles. The van der Waals surface area contributed by atoms with Gasteiger partial charge in [0, 0.05) is 6.54 Å². The van der Waals surface area contributed by atoms with Crippen molar-refractivity contribution in [1.82, 2.24) is 10.2 Å². The van der Waals surface area contributed by atoms with Gasteiger partial charge in [-0.15, -0.1) is 0 Å². The van der Waals surface area contributed by atoms with Crippen LogP contribution in [0.3, 0.4) is 0 Å². The zero-order chi connectivity index (χ0) is 15.6. The molecule has 1 aromatic rings. The van der Waals surface area contributed by atoms with Gasteiger partial charge < -0.3 is 4.90 Å². The third-order valence-corrected chi connectivity index (χ3v) is 4.26. The monoisotopic (exact) mass is 292 g/mol. The summed E-state index contributed by atoms with van der Waals surface area (Å²) in [6, 6.07) is 6.25. The van der Waals surface area contributed by atoms with E-state index >= 15 is 0 Å². The molecule has 4 heteroatoms. The molecule has 1 aromatic carbocycles. The molecule has 1 N–H and O–H groups in total. The zero-order valence-electron chi connectivity index (χ0n) is 13.3. The number of nitrogens with one attached hydrogen (secondary N) is 1. The number of carbonyl (C=O) groups is 1. The van der Waals surface area contributed by atoms with E-state index in [9.17, 15) is 9.18 Å². The lowest BCUT2D eigenvalue weighted by molar-refractivity contribution is -0.131. The summed E-state index contributed by atoms with van der Waals surface area (Å²) < 4.78 is 13.1. The molecule has 21 heavy (non-hydrogen) atoms. The summed E-state index contributed by atoms with van der Waals surface area (Å²) in [5, 5.41) is 3.41. The molecule has 3 nitrogen and oxygen atoms in total. The first-order chi connectivity index (χ1) is 9.93. The lowest BCUT2D eigenvalue weighted by Crippen LogP contribution is -2.36. The molecular weight excluding hydrogens is 267 g/mol. The quantitative estimate of drug-likeness (QED) is 0.903. The maximum Gasteiger partial charge on any atom is 0.241 e. The predicted octanol–water partition coefficient (Wildman–Crippen LogP) is 3.33. The van der Waals surface area contributed by atoms with Gasteiger partial charge in [0.2, 0.25) is 5.91 Å². The van der Waals surface area contributed by atoms with Gasteiger partial charge in [-0.1, -0.05) is 46.2 Å². The van der Waals surface area contributed by atoms with E-state index in [1.807, 2.05) is 18.7 Å². The summed E-state index contributed by atoms with van der Waals surface area (Å²) >= 11 is 0. The summed E-state index contributed by atoms with van der Waals surface area (Å²) in [6.07, 6.45) is 0.881. The van der Waals surface area contributed by atoms with E-state index in [1.165, 1.54) is 12.1 Å². The number of nitrogens with zero attached hydrogens (tertiary/aromatic N) is 1. The van der Waals surface area contributed by atoms with Gasteiger partial charge in [0.1, 0.15) is 12.0 Å². The average Bonchev–Trinajstić information content (AvgIpc) is 2.77. The maximum atomic E-state index is 13.1. The van der Waals surface area contributed by atoms with E-state index in [2.05, 4.69) is 19.2 Å². The normalized spacial score (nSPS) is 23.9. The first kappa shape index (κ1) is 16.0. The largest absolute Gasteiger partial charge is 0.321 e. The molecule has 2 rings (SSSR count). The third-order valence-electron chi connectivity index (χ3n) is 4.26. The molecule has 1 aliphatic rings. The van der Waals surface area contributed by atoms with Gasteiger partial charge in [0.25, 0.3) is 0 Å². The van der Waals surface area contributed by atoms with Gasteiger partial charge in [0.15, 0.2) is 0 Å². The fourth-order valence-electron chi connectivity index (χ4n) is 2.70. The zero-order valence-corrected chi connectivity index (χ0v) is 13.3. The fourth-order valence-corrected chi connectivity index (χ4v) is 2.70. The standard InChI is InChI=1S/C17H25FN2O/c1-5-12(4)10-20-16(13-6-8-14(18)9-7-13)19-15(11(2)3)17(20)21/h6-9,11-12,15-16,19H,5,10H2,1-4H3. The molecule has 0 aromatic heterocycles. The van der Waals surface area contributed by atoms with Crippen molar-refractivity contribution < 1.29 is 9.18 Å². The number of halogens is 1. The highest BCUT2D eigenvalue weighted by molar-refractivity contribution is 5.84. The summed E-state index contributed by atoms with van der Waals surface area (Å²) in [7, 11) is 0. The van der Waals surface area contributed by atoms with E-state index < -0.39 is 0 Å². The minimum absolute atomic E-state index is 0.152. The fraction of sp³-hybridized carbons (Fsp3) is 0.588. The highest BCUT2D eigenvalue weighted by atomic mass is 19.1. The molecule has 1 amide bonds. The third kappa shape index (κ3) is 3.43. The SMILES string of the molecule is CCC(C)CN1C(=O)C(C(C)C)NC1c1ccc(F)cc1.